The number of nitrogens with one attached hydrogen (secondary N) is 1. The number of hydrogen-bond donors (Lipinski definition) is 1. The first-order chi connectivity index (χ1) is 14.7. The maximum atomic E-state index is 12.9. The van der Waals surface area contributed by atoms with Crippen molar-refractivity contribution in [2.24, 2.45) is 0 Å². The van der Waals surface area contributed by atoms with Gasteiger partial charge in [0.1, 0.15) is 18.3 Å². The fraction of sp³-hybridized carbons (Fsp3) is 0.143. The minimum Gasteiger partial charge on any atom is -0.323 e. The first kappa shape index (κ1) is 21.4. The van der Waals surface area contributed by atoms with Crippen molar-refractivity contribution in [3.05, 3.63) is 79.4 Å². The molecule has 0 aliphatic heterocycles. The first-order valence-corrected chi connectivity index (χ1v) is 10.3. The second-order valence-corrected chi connectivity index (χ2v) is 8.33. The summed E-state index contributed by atoms with van der Waals surface area (Å²) in [6.07, 6.45) is 2.77. The molecule has 0 spiro atoms. The topological polar surface area (TPSA) is 81.8 Å². The maximum Gasteiger partial charge on any atom is 0.264 e. The van der Waals surface area contributed by atoms with Gasteiger partial charge in [-0.2, -0.15) is 5.10 Å². The third-order valence-corrected chi connectivity index (χ3v) is 5.64. The maximum absolute atomic E-state index is 12.9. The molecular formula is C21H16Cl3N5O2. The van der Waals surface area contributed by atoms with E-state index in [0.717, 1.165) is 16.8 Å². The third-order valence-electron chi connectivity index (χ3n) is 4.60. The van der Waals surface area contributed by atoms with Gasteiger partial charge in [0.15, 0.2) is 5.65 Å². The molecule has 0 saturated carbocycles. The van der Waals surface area contributed by atoms with E-state index in [9.17, 15) is 9.59 Å². The van der Waals surface area contributed by atoms with Crippen molar-refractivity contribution in [3.8, 4) is 5.69 Å². The Morgan fingerprint density at radius 1 is 1.00 bits per heavy atom. The zero-order valence-corrected chi connectivity index (χ0v) is 18.8. The highest BCUT2D eigenvalue weighted by molar-refractivity contribution is 6.44. The molecule has 4 aromatic rings. The summed E-state index contributed by atoms with van der Waals surface area (Å²) in [4.78, 5) is 29.7. The van der Waals surface area contributed by atoms with Gasteiger partial charge in [-0.25, -0.2) is 9.67 Å². The number of fused-ring (bicyclic) bond motifs is 1. The minimum atomic E-state index is -0.467. The summed E-state index contributed by atoms with van der Waals surface area (Å²) in [7, 11) is 0. The molecule has 2 aromatic carbocycles. The molecule has 0 atom stereocenters. The molecule has 7 nitrogen and oxygen atoms in total. The fourth-order valence-corrected chi connectivity index (χ4v) is 3.88. The third kappa shape index (κ3) is 4.30. The number of nitrogens with zero attached hydrogens (tertiary/aromatic N) is 4. The van der Waals surface area contributed by atoms with E-state index in [2.05, 4.69) is 15.4 Å². The van der Waals surface area contributed by atoms with Crippen molar-refractivity contribution < 1.29 is 4.79 Å². The van der Waals surface area contributed by atoms with E-state index >= 15 is 0 Å². The molecule has 2 aromatic heterocycles. The molecular weight excluding hydrogens is 461 g/mol. The number of aromatic nitrogens is 4. The van der Waals surface area contributed by atoms with Gasteiger partial charge >= 0.3 is 0 Å². The van der Waals surface area contributed by atoms with Crippen LogP contribution in [0.15, 0.2) is 47.7 Å². The molecule has 4 rings (SSSR count). The molecule has 10 heteroatoms. The predicted octanol–water partition coefficient (Wildman–Crippen LogP) is 4.80. The Morgan fingerprint density at radius 2 is 1.68 bits per heavy atom. The van der Waals surface area contributed by atoms with Gasteiger partial charge in [-0.3, -0.25) is 14.2 Å². The summed E-state index contributed by atoms with van der Waals surface area (Å²) in [5.41, 5.74) is 3.29. The van der Waals surface area contributed by atoms with Crippen LogP contribution < -0.4 is 10.9 Å². The van der Waals surface area contributed by atoms with Crippen molar-refractivity contribution in [3.63, 3.8) is 0 Å². The number of amides is 1. The Labute approximate surface area is 192 Å². The monoisotopic (exact) mass is 475 g/mol. The van der Waals surface area contributed by atoms with Crippen molar-refractivity contribution in [2.75, 3.05) is 5.32 Å². The van der Waals surface area contributed by atoms with Crippen LogP contribution in [0.25, 0.3) is 16.7 Å². The van der Waals surface area contributed by atoms with Crippen molar-refractivity contribution in [1.29, 1.82) is 0 Å². The first-order valence-electron chi connectivity index (χ1n) is 9.19. The minimum absolute atomic E-state index is 0.235. The van der Waals surface area contributed by atoms with E-state index in [-0.39, 0.29) is 27.2 Å². The van der Waals surface area contributed by atoms with Crippen LogP contribution in [0.4, 0.5) is 5.69 Å². The van der Waals surface area contributed by atoms with E-state index in [1.54, 1.807) is 4.68 Å². The Balaban J connectivity index is 1.63. The number of aryl methyl sites for hydroxylation is 2. The lowest BCUT2D eigenvalue weighted by atomic mass is 10.1. The lowest BCUT2D eigenvalue weighted by molar-refractivity contribution is -0.116. The van der Waals surface area contributed by atoms with Crippen molar-refractivity contribution >= 4 is 57.4 Å². The second-order valence-electron chi connectivity index (χ2n) is 7.11. The fourth-order valence-electron chi connectivity index (χ4n) is 3.29. The lowest BCUT2D eigenvalue weighted by Gasteiger charge is -2.10. The predicted molar refractivity (Wildman–Crippen MR) is 123 cm³/mol. The summed E-state index contributed by atoms with van der Waals surface area (Å²) >= 11 is 18.0. The molecule has 0 bridgehead atoms. The lowest BCUT2D eigenvalue weighted by Crippen LogP contribution is -2.28. The molecule has 0 fully saturated rings. The van der Waals surface area contributed by atoms with Crippen LogP contribution in [-0.2, 0) is 11.3 Å². The summed E-state index contributed by atoms with van der Waals surface area (Å²) in [6.45, 7) is 3.72. The van der Waals surface area contributed by atoms with Crippen LogP contribution in [0.1, 0.15) is 11.1 Å². The van der Waals surface area contributed by atoms with E-state index < -0.39 is 5.91 Å². The molecule has 158 valence electrons. The van der Waals surface area contributed by atoms with E-state index in [4.69, 9.17) is 34.8 Å². The van der Waals surface area contributed by atoms with E-state index in [1.807, 2.05) is 32.0 Å². The Kier molecular flexibility index (Phi) is 5.75. The number of carbonyl (C=O) groups is 1. The van der Waals surface area contributed by atoms with Crippen molar-refractivity contribution in [1.82, 2.24) is 19.3 Å². The van der Waals surface area contributed by atoms with Gasteiger partial charge in [0.25, 0.3) is 5.56 Å². The normalized spacial score (nSPS) is 11.1. The molecule has 0 aliphatic rings. The molecule has 0 saturated heterocycles. The molecule has 31 heavy (non-hydrogen) atoms. The second kappa shape index (κ2) is 8.34. The van der Waals surface area contributed by atoms with Gasteiger partial charge in [0.2, 0.25) is 5.91 Å². The number of anilines is 1. The van der Waals surface area contributed by atoms with Crippen LogP contribution in [-0.4, -0.2) is 25.2 Å². The zero-order chi connectivity index (χ0) is 22.3. The van der Waals surface area contributed by atoms with Gasteiger partial charge in [-0.15, -0.1) is 0 Å². The standard InChI is InChI=1S/C21H16Cl3N5O2/c1-11-3-12(2)5-13(4-11)29-20-14(8-26-29)21(31)28(10-25-20)9-19(30)27-18-7-16(23)15(22)6-17(18)24/h3-8,10H,9H2,1-2H3,(H,27,30). The summed E-state index contributed by atoms with van der Waals surface area (Å²) in [6, 6.07) is 8.85. The Bertz CT molecular complexity index is 1370. The van der Waals surface area contributed by atoms with Crippen molar-refractivity contribution in [2.45, 2.75) is 20.4 Å². The SMILES string of the molecule is Cc1cc(C)cc(-n2ncc3c(=O)n(CC(=O)Nc4cc(Cl)c(Cl)cc4Cl)cnc32)c1. The molecule has 0 unspecified atom stereocenters. The van der Waals surface area contributed by atoms with Gasteiger partial charge < -0.3 is 5.32 Å². The summed E-state index contributed by atoms with van der Waals surface area (Å²) < 4.78 is 2.81. The van der Waals surface area contributed by atoms with Crippen LogP contribution in [0, 0.1) is 13.8 Å². The van der Waals surface area contributed by atoms with Crippen LogP contribution >= 0.6 is 34.8 Å². The summed E-state index contributed by atoms with van der Waals surface area (Å²) in [5.74, 6) is -0.467. The zero-order valence-electron chi connectivity index (χ0n) is 16.5. The molecule has 0 aliphatic carbocycles. The molecule has 0 radical (unpaired) electrons. The average molecular weight is 477 g/mol. The highest BCUT2D eigenvalue weighted by Crippen LogP contribution is 2.32. The van der Waals surface area contributed by atoms with Gasteiger partial charge in [-0.05, 0) is 49.2 Å². The van der Waals surface area contributed by atoms with E-state index in [1.165, 1.54) is 29.2 Å². The smallest absolute Gasteiger partial charge is 0.264 e. The molecule has 1 N–H and O–H groups in total. The quantitative estimate of drug-likeness (QED) is 0.429. The van der Waals surface area contributed by atoms with Gasteiger partial charge in [0, 0.05) is 0 Å². The van der Waals surface area contributed by atoms with Gasteiger partial charge in [-0.1, -0.05) is 40.9 Å². The number of benzene rings is 2. The number of carbonyl (C=O) groups excluding carboxylic acids is 1. The average Bonchev–Trinajstić information content (AvgIpc) is 3.12. The van der Waals surface area contributed by atoms with Crippen LogP contribution in [0.5, 0.6) is 0 Å². The number of rotatable bonds is 4. The molecule has 2 heterocycles. The molecule has 1 amide bonds. The highest BCUT2D eigenvalue weighted by atomic mass is 35.5. The highest BCUT2D eigenvalue weighted by Gasteiger charge is 2.15. The Morgan fingerprint density at radius 3 is 2.39 bits per heavy atom. The van der Waals surface area contributed by atoms with E-state index in [0.29, 0.717) is 16.7 Å². The Hall–Kier alpha value is -2.87. The summed E-state index contributed by atoms with van der Waals surface area (Å²) in [5, 5.41) is 8.01. The van der Waals surface area contributed by atoms with Crippen LogP contribution in [0.3, 0.4) is 0 Å². The largest absolute Gasteiger partial charge is 0.323 e. The number of hydrogen-bond acceptors (Lipinski definition) is 4. The number of halogens is 3. The van der Waals surface area contributed by atoms with Crippen LogP contribution in [0.2, 0.25) is 15.1 Å². The van der Waals surface area contributed by atoms with Gasteiger partial charge in [0.05, 0.1) is 32.6 Å².